The zero-order chi connectivity index (χ0) is 6.83. The summed E-state index contributed by atoms with van der Waals surface area (Å²) in [5.74, 6) is 0. The monoisotopic (exact) mass is 274 g/mol. The standard InChI is InChI=1S/C4H11P.C3H7.Pr/c1-3-5-4-2;1-3-2;/h5H,3-4H2,1-2H3;1,3H2,2H3;/q;-1;. The molecular formula is C7H18PPr-. The van der Waals surface area contributed by atoms with Crippen molar-refractivity contribution in [3.63, 3.8) is 0 Å². The summed E-state index contributed by atoms with van der Waals surface area (Å²) < 4.78 is 0. The molecule has 0 aliphatic carbocycles. The molecule has 0 fully saturated rings. The SMILES string of the molecule is CCPCC.[CH2-]CC.[Pr]. The summed E-state index contributed by atoms with van der Waals surface area (Å²) in [6, 6.07) is 0. The fourth-order valence-electron chi connectivity index (χ4n) is 0.250. The maximum atomic E-state index is 3.49. The first-order chi connectivity index (χ1) is 3.83. The van der Waals surface area contributed by atoms with E-state index in [1.54, 1.807) is 0 Å². The van der Waals surface area contributed by atoms with Crippen LogP contribution in [0.2, 0.25) is 0 Å². The largest absolute Gasteiger partial charge is 0.344 e. The van der Waals surface area contributed by atoms with Crippen molar-refractivity contribution in [2.75, 3.05) is 12.3 Å². The van der Waals surface area contributed by atoms with Gasteiger partial charge in [-0.15, -0.1) is 8.58 Å². The Morgan fingerprint density at radius 3 is 1.33 bits per heavy atom. The van der Waals surface area contributed by atoms with Crippen LogP contribution in [0, 0.1) is 48.2 Å². The molecule has 0 nitrogen and oxygen atoms in total. The summed E-state index contributed by atoms with van der Waals surface area (Å²) in [6.45, 7) is 9.95. The zero-order valence-corrected chi connectivity index (χ0v) is 11.6. The molecule has 1 radical (unpaired) electrons. The minimum atomic E-state index is 0. The Labute approximate surface area is 95.3 Å². The van der Waals surface area contributed by atoms with Crippen LogP contribution >= 0.6 is 8.58 Å². The smallest absolute Gasteiger partial charge is 0 e. The maximum Gasteiger partial charge on any atom is 0 e. The molecule has 0 rings (SSSR count). The number of rotatable bonds is 2. The molecule has 55 valence electrons. The summed E-state index contributed by atoms with van der Waals surface area (Å²) in [4.78, 5) is 0. The van der Waals surface area contributed by atoms with Gasteiger partial charge >= 0.3 is 0 Å². The molecule has 0 aliphatic rings. The van der Waals surface area contributed by atoms with Crippen molar-refractivity contribution < 1.29 is 41.3 Å². The molecule has 0 aromatic rings. The van der Waals surface area contributed by atoms with Crippen LogP contribution in [0.25, 0.3) is 0 Å². The predicted octanol–water partition coefficient (Wildman–Crippen LogP) is 2.94. The van der Waals surface area contributed by atoms with Gasteiger partial charge in [0.05, 0.1) is 0 Å². The first-order valence-electron chi connectivity index (χ1n) is 3.33. The minimum absolute atomic E-state index is 0. The van der Waals surface area contributed by atoms with Crippen molar-refractivity contribution in [1.29, 1.82) is 0 Å². The van der Waals surface area contributed by atoms with E-state index in [1.807, 2.05) is 6.92 Å². The fourth-order valence-corrected chi connectivity index (χ4v) is 0.750. The molecule has 0 saturated heterocycles. The van der Waals surface area contributed by atoms with Crippen LogP contribution in [0.1, 0.15) is 27.2 Å². The average molecular weight is 274 g/mol. The van der Waals surface area contributed by atoms with E-state index in [9.17, 15) is 0 Å². The molecule has 0 atom stereocenters. The zero-order valence-electron chi connectivity index (χ0n) is 6.91. The fraction of sp³-hybridized carbons (Fsp3) is 0.857. The second-order valence-electron chi connectivity index (χ2n) is 1.46. The van der Waals surface area contributed by atoms with Gasteiger partial charge in [0.2, 0.25) is 0 Å². The van der Waals surface area contributed by atoms with Gasteiger partial charge in [-0.2, -0.15) is 6.42 Å². The first kappa shape index (κ1) is 17.0. The third kappa shape index (κ3) is 41.3. The molecule has 0 amide bonds. The Morgan fingerprint density at radius 2 is 1.33 bits per heavy atom. The van der Waals surface area contributed by atoms with Crippen LogP contribution in [0.15, 0.2) is 0 Å². The molecular weight excluding hydrogens is 256 g/mol. The van der Waals surface area contributed by atoms with Crippen molar-refractivity contribution >= 4 is 8.58 Å². The third-order valence-electron chi connectivity index (χ3n) is 0.500. The van der Waals surface area contributed by atoms with Gasteiger partial charge in [0, 0.05) is 41.3 Å². The quantitative estimate of drug-likeness (QED) is 0.536. The van der Waals surface area contributed by atoms with Gasteiger partial charge in [0.1, 0.15) is 0 Å². The molecule has 0 spiro atoms. The minimum Gasteiger partial charge on any atom is -0.344 e. The molecule has 9 heavy (non-hydrogen) atoms. The molecule has 0 aliphatic heterocycles. The summed E-state index contributed by atoms with van der Waals surface area (Å²) >= 11 is 0. The molecule has 2 heteroatoms. The Balaban J connectivity index is -0.0000000800. The van der Waals surface area contributed by atoms with Gasteiger partial charge in [-0.05, 0) is 12.3 Å². The van der Waals surface area contributed by atoms with E-state index in [4.69, 9.17) is 0 Å². The summed E-state index contributed by atoms with van der Waals surface area (Å²) in [5, 5.41) is 0. The summed E-state index contributed by atoms with van der Waals surface area (Å²) in [7, 11) is 1.20. The van der Waals surface area contributed by atoms with Gasteiger partial charge in [0.25, 0.3) is 0 Å². The number of hydrogen-bond donors (Lipinski definition) is 0. The Hall–Kier alpha value is 1.79. The van der Waals surface area contributed by atoms with Gasteiger partial charge < -0.3 is 6.92 Å². The second-order valence-corrected chi connectivity index (χ2v) is 3.37. The Bertz CT molecular complexity index is 22.9. The topological polar surface area (TPSA) is 0 Å². The average Bonchev–Trinajstić information content (AvgIpc) is 1.71. The predicted molar refractivity (Wildman–Crippen MR) is 45.0 cm³/mol. The van der Waals surface area contributed by atoms with Crippen molar-refractivity contribution in [3.05, 3.63) is 6.92 Å². The van der Waals surface area contributed by atoms with Gasteiger partial charge in [-0.1, -0.05) is 20.8 Å². The second kappa shape index (κ2) is 22.6. The molecule has 0 aromatic heterocycles. The molecule has 0 bridgehead atoms. The van der Waals surface area contributed by atoms with Gasteiger partial charge in [-0.25, -0.2) is 0 Å². The van der Waals surface area contributed by atoms with Crippen LogP contribution in [0.5, 0.6) is 0 Å². The molecule has 0 unspecified atom stereocenters. The molecule has 0 saturated carbocycles. The molecule has 0 N–H and O–H groups in total. The maximum absolute atomic E-state index is 3.49. The van der Waals surface area contributed by atoms with E-state index >= 15 is 0 Å². The molecule has 0 heterocycles. The van der Waals surface area contributed by atoms with Crippen LogP contribution in [0.4, 0.5) is 0 Å². The van der Waals surface area contributed by atoms with Crippen LogP contribution in [-0.4, -0.2) is 12.3 Å². The first-order valence-corrected chi connectivity index (χ1v) is 4.74. The van der Waals surface area contributed by atoms with Gasteiger partial charge in [-0.3, -0.25) is 0 Å². The van der Waals surface area contributed by atoms with E-state index in [1.165, 1.54) is 20.9 Å². The van der Waals surface area contributed by atoms with E-state index < -0.39 is 0 Å². The van der Waals surface area contributed by atoms with E-state index in [0.717, 1.165) is 6.42 Å². The molecule has 0 aromatic carbocycles. The Morgan fingerprint density at radius 1 is 1.11 bits per heavy atom. The normalized spacial score (nSPS) is 6.67. The van der Waals surface area contributed by atoms with Gasteiger partial charge in [0.15, 0.2) is 0 Å². The van der Waals surface area contributed by atoms with Crippen molar-refractivity contribution in [2.45, 2.75) is 27.2 Å². The van der Waals surface area contributed by atoms with Crippen LogP contribution < -0.4 is 0 Å². The van der Waals surface area contributed by atoms with Crippen molar-refractivity contribution in [2.24, 2.45) is 0 Å². The van der Waals surface area contributed by atoms with E-state index in [-0.39, 0.29) is 41.3 Å². The summed E-state index contributed by atoms with van der Waals surface area (Å²) in [6.07, 6.45) is 3.74. The van der Waals surface area contributed by atoms with Crippen LogP contribution in [-0.2, 0) is 0 Å². The summed E-state index contributed by atoms with van der Waals surface area (Å²) in [5.41, 5.74) is 0. The third-order valence-corrected chi connectivity index (χ3v) is 1.50. The van der Waals surface area contributed by atoms with Crippen LogP contribution in [0.3, 0.4) is 0 Å². The Kier molecular flexibility index (Phi) is 42.7. The van der Waals surface area contributed by atoms with Crippen molar-refractivity contribution in [1.82, 2.24) is 0 Å². The van der Waals surface area contributed by atoms with E-state index in [2.05, 4.69) is 20.8 Å². The van der Waals surface area contributed by atoms with E-state index in [0.29, 0.717) is 0 Å². The number of hydrogen-bond acceptors (Lipinski definition) is 0. The van der Waals surface area contributed by atoms with Crippen molar-refractivity contribution in [3.8, 4) is 0 Å².